The molecule has 4 rings (SSSR count). The number of benzene rings is 2. The number of rotatable bonds is 11. The molecule has 0 fully saturated rings. The third-order valence-corrected chi connectivity index (χ3v) is 5.40. The lowest BCUT2D eigenvalue weighted by molar-refractivity contribution is -0.144. The third kappa shape index (κ3) is 6.35. The van der Waals surface area contributed by atoms with E-state index in [1.807, 2.05) is 36.4 Å². The standard InChI is InChI=1S/C27H27NO5/c29-25-18-23(19-33-27(30)17-21-9-3-1-4-10-21)32-20-26(25)31-16-8-2-7-14-28-15-13-22-11-5-6-12-24(22)28/h1,3-6,9-13,15,18,20H,2,7-8,14,16-17,19H2. The highest BCUT2D eigenvalue weighted by atomic mass is 16.5. The number of hydrogen-bond donors (Lipinski definition) is 0. The number of fused-ring (bicyclic) bond motifs is 1. The first-order chi connectivity index (χ1) is 16.2. The van der Waals surface area contributed by atoms with E-state index in [1.54, 1.807) is 0 Å². The van der Waals surface area contributed by atoms with Gasteiger partial charge in [-0.1, -0.05) is 48.5 Å². The number of ether oxygens (including phenoxy) is 2. The number of hydrogen-bond acceptors (Lipinski definition) is 5. The van der Waals surface area contributed by atoms with Crippen molar-refractivity contribution in [3.05, 3.63) is 101 Å². The Morgan fingerprint density at radius 3 is 2.61 bits per heavy atom. The van der Waals surface area contributed by atoms with Crippen LogP contribution in [0.4, 0.5) is 0 Å². The van der Waals surface area contributed by atoms with Crippen LogP contribution in [0.5, 0.6) is 5.75 Å². The number of nitrogens with zero attached hydrogens (tertiary/aromatic N) is 1. The maximum absolute atomic E-state index is 12.2. The lowest BCUT2D eigenvalue weighted by Gasteiger charge is -2.08. The minimum Gasteiger partial charge on any atom is -0.487 e. The summed E-state index contributed by atoms with van der Waals surface area (Å²) >= 11 is 0. The molecular weight excluding hydrogens is 418 g/mol. The van der Waals surface area contributed by atoms with Crippen LogP contribution in [0, 0.1) is 0 Å². The highest BCUT2D eigenvalue weighted by Gasteiger charge is 2.09. The molecule has 2 heterocycles. The van der Waals surface area contributed by atoms with E-state index in [2.05, 4.69) is 35.0 Å². The highest BCUT2D eigenvalue weighted by Crippen LogP contribution is 2.16. The molecule has 2 aromatic carbocycles. The molecular formula is C27H27NO5. The Labute approximate surface area is 192 Å². The summed E-state index contributed by atoms with van der Waals surface area (Å²) in [6.07, 6.45) is 6.45. The summed E-state index contributed by atoms with van der Waals surface area (Å²) in [5.41, 5.74) is 1.83. The summed E-state index contributed by atoms with van der Waals surface area (Å²) in [7, 11) is 0. The van der Waals surface area contributed by atoms with Gasteiger partial charge in [-0.15, -0.1) is 0 Å². The Morgan fingerprint density at radius 2 is 1.76 bits per heavy atom. The molecule has 0 amide bonds. The molecule has 0 bridgehead atoms. The lowest BCUT2D eigenvalue weighted by atomic mass is 10.2. The molecule has 0 aliphatic heterocycles. The average molecular weight is 446 g/mol. The molecule has 33 heavy (non-hydrogen) atoms. The van der Waals surface area contributed by atoms with Crippen LogP contribution in [0.2, 0.25) is 0 Å². The van der Waals surface area contributed by atoms with E-state index in [0.29, 0.717) is 6.61 Å². The van der Waals surface area contributed by atoms with Crippen LogP contribution in [0.25, 0.3) is 10.9 Å². The van der Waals surface area contributed by atoms with Crippen LogP contribution in [0.15, 0.2) is 88.4 Å². The second kappa shape index (κ2) is 11.2. The molecule has 6 heteroatoms. The number of esters is 1. The number of aromatic nitrogens is 1. The molecule has 0 saturated carbocycles. The maximum atomic E-state index is 12.2. The summed E-state index contributed by atoms with van der Waals surface area (Å²) in [6.45, 7) is 1.31. The van der Waals surface area contributed by atoms with Crippen LogP contribution >= 0.6 is 0 Å². The number of unbranched alkanes of at least 4 members (excludes halogenated alkanes) is 2. The van der Waals surface area contributed by atoms with Crippen LogP contribution in [-0.2, 0) is 29.1 Å². The van der Waals surface area contributed by atoms with Crippen molar-refractivity contribution in [2.45, 2.75) is 38.8 Å². The zero-order valence-electron chi connectivity index (χ0n) is 18.4. The third-order valence-electron chi connectivity index (χ3n) is 5.40. The highest BCUT2D eigenvalue weighted by molar-refractivity contribution is 5.79. The van der Waals surface area contributed by atoms with Crippen LogP contribution in [0.1, 0.15) is 30.6 Å². The minimum atomic E-state index is -0.378. The van der Waals surface area contributed by atoms with Gasteiger partial charge in [-0.3, -0.25) is 9.59 Å². The Bertz CT molecular complexity index is 1240. The van der Waals surface area contributed by atoms with E-state index >= 15 is 0 Å². The predicted octanol–water partition coefficient (Wildman–Crippen LogP) is 5.13. The summed E-state index contributed by atoms with van der Waals surface area (Å²) in [5, 5.41) is 1.25. The van der Waals surface area contributed by atoms with Gasteiger partial charge in [0.2, 0.25) is 11.2 Å². The van der Waals surface area contributed by atoms with Crippen LogP contribution in [-0.4, -0.2) is 17.1 Å². The van der Waals surface area contributed by atoms with Crippen molar-refractivity contribution in [3.8, 4) is 5.75 Å². The van der Waals surface area contributed by atoms with Gasteiger partial charge in [-0.2, -0.15) is 0 Å². The number of aryl methyl sites for hydroxylation is 1. The number of carbonyl (C=O) groups excluding carboxylic acids is 1. The van der Waals surface area contributed by atoms with Gasteiger partial charge in [0.15, 0.2) is 0 Å². The molecule has 4 aromatic rings. The smallest absolute Gasteiger partial charge is 0.310 e. The fourth-order valence-electron chi connectivity index (χ4n) is 3.66. The Morgan fingerprint density at radius 1 is 0.939 bits per heavy atom. The zero-order chi connectivity index (χ0) is 22.9. The van der Waals surface area contributed by atoms with Gasteiger partial charge in [0.05, 0.1) is 13.0 Å². The van der Waals surface area contributed by atoms with E-state index in [0.717, 1.165) is 31.4 Å². The summed E-state index contributed by atoms with van der Waals surface area (Å²) in [4.78, 5) is 24.2. The van der Waals surface area contributed by atoms with E-state index < -0.39 is 0 Å². The average Bonchev–Trinajstić information content (AvgIpc) is 3.25. The van der Waals surface area contributed by atoms with Gasteiger partial charge in [0.25, 0.3) is 0 Å². The lowest BCUT2D eigenvalue weighted by Crippen LogP contribution is -2.11. The monoisotopic (exact) mass is 445 g/mol. The molecule has 6 nitrogen and oxygen atoms in total. The second-order valence-corrected chi connectivity index (χ2v) is 7.87. The molecule has 0 aliphatic carbocycles. The Balaban J connectivity index is 1.15. The fourth-order valence-corrected chi connectivity index (χ4v) is 3.66. The molecule has 0 N–H and O–H groups in total. The molecule has 2 aromatic heterocycles. The van der Waals surface area contributed by atoms with Gasteiger partial charge in [0.1, 0.15) is 18.6 Å². The molecule has 0 atom stereocenters. The van der Waals surface area contributed by atoms with Crippen molar-refractivity contribution >= 4 is 16.9 Å². The van der Waals surface area contributed by atoms with Gasteiger partial charge < -0.3 is 18.5 Å². The molecule has 0 spiro atoms. The van der Waals surface area contributed by atoms with Gasteiger partial charge in [-0.05, 0) is 42.3 Å². The Kier molecular flexibility index (Phi) is 7.59. The summed E-state index contributed by atoms with van der Waals surface area (Å²) in [6, 6.07) is 21.1. The van der Waals surface area contributed by atoms with Crippen molar-refractivity contribution < 1.29 is 18.7 Å². The van der Waals surface area contributed by atoms with Crippen LogP contribution < -0.4 is 10.2 Å². The largest absolute Gasteiger partial charge is 0.487 e. The molecule has 0 saturated heterocycles. The minimum absolute atomic E-state index is 0.0880. The van der Waals surface area contributed by atoms with E-state index in [-0.39, 0.29) is 35.9 Å². The molecule has 0 unspecified atom stereocenters. The molecule has 170 valence electrons. The van der Waals surface area contributed by atoms with E-state index in [9.17, 15) is 9.59 Å². The maximum Gasteiger partial charge on any atom is 0.310 e. The molecule has 0 radical (unpaired) electrons. The van der Waals surface area contributed by atoms with Gasteiger partial charge >= 0.3 is 5.97 Å². The zero-order valence-corrected chi connectivity index (χ0v) is 18.4. The first-order valence-electron chi connectivity index (χ1n) is 11.2. The van der Waals surface area contributed by atoms with Crippen molar-refractivity contribution in [2.24, 2.45) is 0 Å². The van der Waals surface area contributed by atoms with Gasteiger partial charge in [0, 0.05) is 24.3 Å². The summed E-state index contributed by atoms with van der Waals surface area (Å²) in [5.74, 6) is 0.0792. The SMILES string of the molecule is O=C(Cc1ccccc1)OCc1cc(=O)c(OCCCCCn2ccc3ccccc32)co1. The van der Waals surface area contributed by atoms with Crippen LogP contribution in [0.3, 0.4) is 0 Å². The van der Waals surface area contributed by atoms with Crippen molar-refractivity contribution in [1.29, 1.82) is 0 Å². The van der Waals surface area contributed by atoms with E-state index in [1.165, 1.54) is 23.2 Å². The Hall–Kier alpha value is -3.80. The summed E-state index contributed by atoms with van der Waals surface area (Å²) < 4.78 is 18.4. The first-order valence-corrected chi connectivity index (χ1v) is 11.2. The normalized spacial score (nSPS) is 10.9. The van der Waals surface area contributed by atoms with E-state index in [4.69, 9.17) is 13.9 Å². The molecule has 0 aliphatic rings. The number of para-hydroxylation sites is 1. The van der Waals surface area contributed by atoms with Gasteiger partial charge in [-0.25, -0.2) is 0 Å². The predicted molar refractivity (Wildman–Crippen MR) is 126 cm³/mol. The van der Waals surface area contributed by atoms with Crippen molar-refractivity contribution in [1.82, 2.24) is 4.57 Å². The quantitative estimate of drug-likeness (QED) is 0.236. The number of carbonyl (C=O) groups is 1. The van der Waals surface area contributed by atoms with Crippen molar-refractivity contribution in [3.63, 3.8) is 0 Å². The topological polar surface area (TPSA) is 70.7 Å². The second-order valence-electron chi connectivity index (χ2n) is 7.87. The first kappa shape index (κ1) is 22.4. The van der Waals surface area contributed by atoms with Crippen molar-refractivity contribution in [2.75, 3.05) is 6.61 Å². The fraction of sp³-hybridized carbons (Fsp3) is 0.259.